The molecule has 29 heavy (non-hydrogen) atoms. The maximum Gasteiger partial charge on any atom is 0.195 e. The van der Waals surface area contributed by atoms with Crippen molar-refractivity contribution in [2.75, 3.05) is 13.2 Å². The maximum atomic E-state index is 13.7. The number of ether oxygens (including phenoxy) is 1. The molecule has 1 unspecified atom stereocenters. The molecule has 0 saturated heterocycles. The first kappa shape index (κ1) is 19.6. The van der Waals surface area contributed by atoms with Gasteiger partial charge in [0.15, 0.2) is 5.78 Å². The molecular formula is C22H22FNO5. The summed E-state index contributed by atoms with van der Waals surface area (Å²) in [4.78, 5) is 16.4. The summed E-state index contributed by atoms with van der Waals surface area (Å²) in [5.74, 6) is -0.0907. The van der Waals surface area contributed by atoms with E-state index in [-0.39, 0.29) is 18.2 Å². The largest absolute Gasteiger partial charge is 0.491 e. The molecule has 0 radical (unpaired) electrons. The van der Waals surface area contributed by atoms with E-state index in [9.17, 15) is 19.4 Å². The second kappa shape index (κ2) is 6.95. The fourth-order valence-electron chi connectivity index (χ4n) is 3.89. The highest BCUT2D eigenvalue weighted by atomic mass is 19.1. The molecule has 0 saturated carbocycles. The number of rotatable bonds is 5. The van der Waals surface area contributed by atoms with E-state index >= 15 is 0 Å². The maximum absolute atomic E-state index is 13.7. The number of nitrogens with one attached hydrogen (secondary N) is 1. The smallest absolute Gasteiger partial charge is 0.195 e. The molecular weight excluding hydrogens is 377 g/mol. The molecule has 0 spiro atoms. The van der Waals surface area contributed by atoms with Crippen molar-refractivity contribution in [3.8, 4) is 5.75 Å². The average Bonchev–Trinajstić information content (AvgIpc) is 3.09. The van der Waals surface area contributed by atoms with Crippen molar-refractivity contribution in [3.05, 3.63) is 64.6 Å². The summed E-state index contributed by atoms with van der Waals surface area (Å²) < 4.78 is 19.2. The van der Waals surface area contributed by atoms with E-state index in [1.807, 2.05) is 13.8 Å². The third-order valence-corrected chi connectivity index (χ3v) is 5.57. The standard InChI is InChI=1S/C22H22FNO5/c1-22(2)15-8-12(29-10-18(27)17(26)9-25)4-6-13(15)20(28)19-14-5-3-11(23)7-16(14)24-21(19)22/h3-8,17-18,24-27H,9-10H2,1-2H3/t17-,18?/m1/s1. The molecule has 2 atom stereocenters. The fourth-order valence-corrected chi connectivity index (χ4v) is 3.89. The van der Waals surface area contributed by atoms with Gasteiger partial charge in [0, 0.05) is 27.6 Å². The van der Waals surface area contributed by atoms with Crippen molar-refractivity contribution < 1.29 is 29.2 Å². The van der Waals surface area contributed by atoms with E-state index in [4.69, 9.17) is 9.84 Å². The van der Waals surface area contributed by atoms with Crippen LogP contribution in [0.4, 0.5) is 4.39 Å². The van der Waals surface area contributed by atoms with Crippen LogP contribution in [-0.2, 0) is 5.41 Å². The summed E-state index contributed by atoms with van der Waals surface area (Å²) >= 11 is 0. The van der Waals surface area contributed by atoms with Crippen LogP contribution in [0.2, 0.25) is 0 Å². The topological polar surface area (TPSA) is 103 Å². The van der Waals surface area contributed by atoms with Gasteiger partial charge >= 0.3 is 0 Å². The summed E-state index contributed by atoms with van der Waals surface area (Å²) in [6, 6.07) is 9.38. The van der Waals surface area contributed by atoms with E-state index in [0.29, 0.717) is 33.5 Å². The second-order valence-electron chi connectivity index (χ2n) is 7.85. The highest BCUT2D eigenvalue weighted by Gasteiger charge is 2.39. The fraction of sp³-hybridized carbons (Fsp3) is 0.318. The van der Waals surface area contributed by atoms with Crippen LogP contribution in [-0.4, -0.2) is 51.5 Å². The Balaban J connectivity index is 1.74. The van der Waals surface area contributed by atoms with Crippen LogP contribution in [0.3, 0.4) is 0 Å². The Morgan fingerprint density at radius 2 is 1.90 bits per heavy atom. The summed E-state index contributed by atoms with van der Waals surface area (Å²) in [5.41, 5.74) is 2.54. The highest BCUT2D eigenvalue weighted by molar-refractivity contribution is 6.20. The minimum absolute atomic E-state index is 0.144. The third kappa shape index (κ3) is 3.11. The van der Waals surface area contributed by atoms with Gasteiger partial charge in [0.25, 0.3) is 0 Å². The van der Waals surface area contributed by atoms with Crippen LogP contribution in [0.5, 0.6) is 5.75 Å². The minimum Gasteiger partial charge on any atom is -0.491 e. The van der Waals surface area contributed by atoms with E-state index < -0.39 is 24.2 Å². The molecule has 4 rings (SSSR count). The van der Waals surface area contributed by atoms with E-state index in [1.54, 1.807) is 24.3 Å². The minimum atomic E-state index is -1.29. The molecule has 1 aliphatic carbocycles. The van der Waals surface area contributed by atoms with Gasteiger partial charge in [-0.2, -0.15) is 0 Å². The number of ketones is 1. The van der Waals surface area contributed by atoms with Gasteiger partial charge in [-0.1, -0.05) is 13.8 Å². The van der Waals surface area contributed by atoms with Crippen molar-refractivity contribution >= 4 is 16.7 Å². The number of benzene rings is 2. The molecule has 0 fully saturated rings. The molecule has 0 bridgehead atoms. The number of hydrogen-bond acceptors (Lipinski definition) is 5. The molecule has 7 heteroatoms. The molecule has 2 aromatic carbocycles. The Labute approximate surface area is 166 Å². The van der Waals surface area contributed by atoms with Gasteiger partial charge in [-0.3, -0.25) is 4.79 Å². The lowest BCUT2D eigenvalue weighted by molar-refractivity contribution is -0.0339. The Bertz CT molecular complexity index is 1100. The van der Waals surface area contributed by atoms with E-state index in [1.165, 1.54) is 12.1 Å². The lowest BCUT2D eigenvalue weighted by Crippen LogP contribution is -2.34. The number of hydrogen-bond donors (Lipinski definition) is 4. The third-order valence-electron chi connectivity index (χ3n) is 5.57. The SMILES string of the molecule is CC1(C)c2cc(OCC(O)[C@H](O)CO)ccc2C(=O)c2c1[nH]c1cc(F)ccc21. The zero-order valence-electron chi connectivity index (χ0n) is 16.1. The van der Waals surface area contributed by atoms with Crippen molar-refractivity contribution in [3.63, 3.8) is 0 Å². The van der Waals surface area contributed by atoms with Gasteiger partial charge in [-0.25, -0.2) is 4.39 Å². The molecule has 0 amide bonds. The highest BCUT2D eigenvalue weighted by Crippen LogP contribution is 2.44. The Kier molecular flexibility index (Phi) is 4.69. The van der Waals surface area contributed by atoms with Gasteiger partial charge in [0.05, 0.1) is 12.2 Å². The first-order chi connectivity index (χ1) is 13.7. The van der Waals surface area contributed by atoms with Crippen LogP contribution in [0.15, 0.2) is 36.4 Å². The van der Waals surface area contributed by atoms with Crippen molar-refractivity contribution in [2.24, 2.45) is 0 Å². The molecule has 0 aliphatic heterocycles. The second-order valence-corrected chi connectivity index (χ2v) is 7.85. The quantitative estimate of drug-likeness (QED) is 0.527. The number of aromatic nitrogens is 1. The Hall–Kier alpha value is -2.74. The predicted molar refractivity (Wildman–Crippen MR) is 105 cm³/mol. The van der Waals surface area contributed by atoms with Crippen molar-refractivity contribution in [1.29, 1.82) is 0 Å². The lowest BCUT2D eigenvalue weighted by Gasteiger charge is -2.32. The van der Waals surface area contributed by atoms with Crippen LogP contribution in [0.25, 0.3) is 10.9 Å². The van der Waals surface area contributed by atoms with Crippen LogP contribution < -0.4 is 4.74 Å². The first-order valence-electron chi connectivity index (χ1n) is 9.34. The molecule has 3 aromatic rings. The number of aliphatic hydroxyl groups excluding tert-OH is 3. The normalized spacial score (nSPS) is 17.0. The zero-order chi connectivity index (χ0) is 20.9. The number of carbonyl (C=O) groups is 1. The predicted octanol–water partition coefficient (Wildman–Crippen LogP) is 2.27. The van der Waals surface area contributed by atoms with Crippen LogP contribution in [0, 0.1) is 5.82 Å². The molecule has 4 N–H and O–H groups in total. The Morgan fingerprint density at radius 1 is 1.14 bits per heavy atom. The van der Waals surface area contributed by atoms with Crippen molar-refractivity contribution in [1.82, 2.24) is 4.98 Å². The number of aliphatic hydroxyl groups is 3. The van der Waals surface area contributed by atoms with Gasteiger partial charge < -0.3 is 25.0 Å². The van der Waals surface area contributed by atoms with Gasteiger partial charge in [0.2, 0.25) is 0 Å². The van der Waals surface area contributed by atoms with Crippen molar-refractivity contribution in [2.45, 2.75) is 31.5 Å². The van der Waals surface area contributed by atoms with Crippen LogP contribution in [0.1, 0.15) is 41.0 Å². The van der Waals surface area contributed by atoms with Gasteiger partial charge in [0.1, 0.15) is 30.4 Å². The summed E-state index contributed by atoms with van der Waals surface area (Å²) in [5, 5.41) is 28.8. The van der Waals surface area contributed by atoms with E-state index in [2.05, 4.69) is 4.98 Å². The number of H-pyrrole nitrogens is 1. The van der Waals surface area contributed by atoms with E-state index in [0.717, 1.165) is 5.56 Å². The lowest BCUT2D eigenvalue weighted by atomic mass is 9.71. The molecule has 1 heterocycles. The van der Waals surface area contributed by atoms with Crippen LogP contribution >= 0.6 is 0 Å². The molecule has 1 aliphatic rings. The van der Waals surface area contributed by atoms with Gasteiger partial charge in [-0.15, -0.1) is 0 Å². The zero-order valence-corrected chi connectivity index (χ0v) is 16.1. The molecule has 6 nitrogen and oxygen atoms in total. The average molecular weight is 399 g/mol. The monoisotopic (exact) mass is 399 g/mol. The van der Waals surface area contributed by atoms with Gasteiger partial charge in [-0.05, 0) is 42.0 Å². The number of fused-ring (bicyclic) bond motifs is 4. The number of halogens is 1. The molecule has 152 valence electrons. The molecule has 1 aromatic heterocycles. The Morgan fingerprint density at radius 3 is 2.62 bits per heavy atom. The first-order valence-corrected chi connectivity index (χ1v) is 9.34. The number of aromatic amines is 1. The summed E-state index contributed by atoms with van der Waals surface area (Å²) in [6.45, 7) is 3.17. The summed E-state index contributed by atoms with van der Waals surface area (Å²) in [7, 11) is 0. The number of carbonyl (C=O) groups excluding carboxylic acids is 1. The summed E-state index contributed by atoms with van der Waals surface area (Å²) in [6.07, 6.45) is -2.53.